The molecule has 35 heavy (non-hydrogen) atoms. The van der Waals surface area contributed by atoms with Gasteiger partial charge in [-0.05, 0) is 55.4 Å². The molecular formula is C28H32N2O5. The minimum absolute atomic E-state index is 0.0137. The van der Waals surface area contributed by atoms with Gasteiger partial charge in [0.2, 0.25) is 5.91 Å². The van der Waals surface area contributed by atoms with E-state index in [1.54, 1.807) is 6.08 Å². The number of alkyl carbamates (subject to hydrolysis) is 1. The van der Waals surface area contributed by atoms with Gasteiger partial charge in [-0.2, -0.15) is 0 Å². The Kier molecular flexibility index (Phi) is 7.24. The van der Waals surface area contributed by atoms with Crippen LogP contribution in [0.25, 0.3) is 11.1 Å². The van der Waals surface area contributed by atoms with Crippen LogP contribution < -0.4 is 10.6 Å². The van der Waals surface area contributed by atoms with Crippen molar-refractivity contribution in [1.82, 2.24) is 10.6 Å². The first kappa shape index (κ1) is 24.5. The minimum atomic E-state index is -0.845. The molecule has 0 saturated heterocycles. The number of fused-ring (bicyclic) bond motifs is 3. The summed E-state index contributed by atoms with van der Waals surface area (Å²) in [5.41, 5.74) is 4.00. The van der Waals surface area contributed by atoms with E-state index in [2.05, 4.69) is 34.9 Å². The molecular weight excluding hydrogens is 444 g/mol. The summed E-state index contributed by atoms with van der Waals surface area (Å²) in [5, 5.41) is 14.9. The Morgan fingerprint density at radius 3 is 2.29 bits per heavy atom. The standard InChI is InChI=1S/C28H32N2O5/c1-28(2,15-14-25(31)29-19-9-7-8-18(16-19)26(32)33)30-27(34)35-17-24-22-12-5-3-10-20(22)21-11-4-6-13-23(21)24/h3-7,9-13,18-19,24H,8,14-17H2,1-2H3,(H,29,31)(H,30,34)(H,32,33)/t18-,19-/m1/s1. The molecule has 0 unspecified atom stereocenters. The number of allylic oxidation sites excluding steroid dienone is 1. The number of carboxylic acid groups (broad SMARTS) is 1. The third-order valence-electron chi connectivity index (χ3n) is 6.78. The van der Waals surface area contributed by atoms with Gasteiger partial charge in [0.25, 0.3) is 0 Å². The molecule has 2 atom stereocenters. The maximum absolute atomic E-state index is 12.6. The number of carbonyl (C=O) groups is 3. The molecule has 0 saturated carbocycles. The van der Waals surface area contributed by atoms with Crippen LogP contribution in [0.2, 0.25) is 0 Å². The lowest BCUT2D eigenvalue weighted by molar-refractivity contribution is -0.142. The summed E-state index contributed by atoms with van der Waals surface area (Å²) in [6.45, 7) is 3.93. The van der Waals surface area contributed by atoms with E-state index < -0.39 is 23.5 Å². The van der Waals surface area contributed by atoms with Crippen LogP contribution in [0.15, 0.2) is 60.7 Å². The van der Waals surface area contributed by atoms with E-state index in [1.807, 2.05) is 44.2 Å². The highest BCUT2D eigenvalue weighted by Crippen LogP contribution is 2.44. The number of carbonyl (C=O) groups excluding carboxylic acids is 2. The molecule has 0 heterocycles. The van der Waals surface area contributed by atoms with Gasteiger partial charge in [-0.15, -0.1) is 0 Å². The molecule has 0 radical (unpaired) electrons. The fourth-order valence-electron chi connectivity index (χ4n) is 4.88. The average molecular weight is 477 g/mol. The first-order valence-corrected chi connectivity index (χ1v) is 12.1. The Morgan fingerprint density at radius 1 is 1.03 bits per heavy atom. The molecule has 2 amide bonds. The van der Waals surface area contributed by atoms with Crippen LogP contribution in [-0.4, -0.2) is 41.3 Å². The fraction of sp³-hybridized carbons (Fsp3) is 0.393. The lowest BCUT2D eigenvalue weighted by Crippen LogP contribution is -2.45. The van der Waals surface area contributed by atoms with E-state index in [4.69, 9.17) is 4.74 Å². The first-order valence-electron chi connectivity index (χ1n) is 12.1. The number of nitrogens with one attached hydrogen (secondary N) is 2. The molecule has 184 valence electrons. The van der Waals surface area contributed by atoms with Gasteiger partial charge in [0.1, 0.15) is 6.61 Å². The Hall–Kier alpha value is -3.61. The molecule has 7 nitrogen and oxygen atoms in total. The van der Waals surface area contributed by atoms with Gasteiger partial charge in [-0.3, -0.25) is 9.59 Å². The maximum atomic E-state index is 12.6. The second-order valence-electron chi connectivity index (χ2n) is 9.94. The van der Waals surface area contributed by atoms with Crippen molar-refractivity contribution < 1.29 is 24.2 Å². The molecule has 0 spiro atoms. The monoisotopic (exact) mass is 476 g/mol. The largest absolute Gasteiger partial charge is 0.481 e. The van der Waals surface area contributed by atoms with Gasteiger partial charge in [0, 0.05) is 23.9 Å². The lowest BCUT2D eigenvalue weighted by Gasteiger charge is -2.27. The minimum Gasteiger partial charge on any atom is -0.481 e. The van der Waals surface area contributed by atoms with Crippen LogP contribution in [0, 0.1) is 5.92 Å². The van der Waals surface area contributed by atoms with E-state index >= 15 is 0 Å². The summed E-state index contributed by atoms with van der Waals surface area (Å²) >= 11 is 0. The number of rotatable bonds is 8. The molecule has 0 bridgehead atoms. The van der Waals surface area contributed by atoms with Crippen molar-refractivity contribution in [3.63, 3.8) is 0 Å². The Morgan fingerprint density at radius 2 is 1.66 bits per heavy atom. The molecule has 4 rings (SSSR count). The number of aliphatic carboxylic acids is 1. The zero-order valence-electron chi connectivity index (χ0n) is 20.1. The van der Waals surface area contributed by atoms with Crippen molar-refractivity contribution >= 4 is 18.0 Å². The predicted molar refractivity (Wildman–Crippen MR) is 133 cm³/mol. The van der Waals surface area contributed by atoms with E-state index in [1.165, 1.54) is 11.1 Å². The van der Waals surface area contributed by atoms with Crippen LogP contribution in [0.1, 0.15) is 56.6 Å². The molecule has 0 fully saturated rings. The number of benzene rings is 2. The second kappa shape index (κ2) is 10.3. The van der Waals surface area contributed by atoms with Crippen LogP contribution in [0.4, 0.5) is 4.79 Å². The normalized spacial score (nSPS) is 18.9. The van der Waals surface area contributed by atoms with Gasteiger partial charge in [0.05, 0.1) is 5.92 Å². The Labute approximate surface area is 205 Å². The molecule has 2 aliphatic carbocycles. The van der Waals surface area contributed by atoms with E-state index in [0.717, 1.165) is 11.1 Å². The summed E-state index contributed by atoms with van der Waals surface area (Å²) in [6.07, 6.45) is 4.63. The van der Waals surface area contributed by atoms with Crippen LogP contribution >= 0.6 is 0 Å². The summed E-state index contributed by atoms with van der Waals surface area (Å²) in [6, 6.07) is 16.1. The Balaban J connectivity index is 1.26. The fourth-order valence-corrected chi connectivity index (χ4v) is 4.88. The number of carboxylic acids is 1. The van der Waals surface area contributed by atoms with Crippen molar-refractivity contribution in [2.75, 3.05) is 6.61 Å². The lowest BCUT2D eigenvalue weighted by atomic mass is 9.91. The van der Waals surface area contributed by atoms with Gasteiger partial charge in [0.15, 0.2) is 0 Å². The van der Waals surface area contributed by atoms with Crippen molar-refractivity contribution in [1.29, 1.82) is 0 Å². The molecule has 2 aromatic rings. The molecule has 0 aromatic heterocycles. The van der Waals surface area contributed by atoms with Crippen molar-refractivity contribution in [3.05, 3.63) is 71.8 Å². The van der Waals surface area contributed by atoms with Crippen LogP contribution in [0.3, 0.4) is 0 Å². The highest BCUT2D eigenvalue weighted by atomic mass is 16.5. The maximum Gasteiger partial charge on any atom is 0.407 e. The molecule has 2 aromatic carbocycles. The SMILES string of the molecule is CC(C)(CCC(=O)N[C@@H]1C=CC[C@@H](C(=O)O)C1)NC(=O)OCC1c2ccccc2-c2ccccc21. The molecule has 3 N–H and O–H groups in total. The summed E-state index contributed by atoms with van der Waals surface area (Å²) in [5.74, 6) is -1.51. The average Bonchev–Trinajstić information content (AvgIpc) is 3.15. The number of amides is 2. The third kappa shape index (κ3) is 5.91. The van der Waals surface area contributed by atoms with Crippen molar-refractivity contribution in [2.45, 2.75) is 57.0 Å². The summed E-state index contributed by atoms with van der Waals surface area (Å²) in [7, 11) is 0. The quantitative estimate of drug-likeness (QED) is 0.482. The topological polar surface area (TPSA) is 105 Å². The van der Waals surface area contributed by atoms with Gasteiger partial charge < -0.3 is 20.5 Å². The first-order chi connectivity index (χ1) is 16.7. The highest BCUT2D eigenvalue weighted by Gasteiger charge is 2.30. The highest BCUT2D eigenvalue weighted by molar-refractivity contribution is 5.79. The molecule has 0 aliphatic heterocycles. The number of ether oxygens (including phenoxy) is 1. The molecule has 2 aliphatic rings. The van der Waals surface area contributed by atoms with Gasteiger partial charge in [-0.1, -0.05) is 60.7 Å². The van der Waals surface area contributed by atoms with Crippen LogP contribution in [-0.2, 0) is 14.3 Å². The van der Waals surface area contributed by atoms with Crippen LogP contribution in [0.5, 0.6) is 0 Å². The van der Waals surface area contributed by atoms with Crippen molar-refractivity contribution in [2.24, 2.45) is 5.92 Å². The van der Waals surface area contributed by atoms with Crippen molar-refractivity contribution in [3.8, 4) is 11.1 Å². The zero-order chi connectivity index (χ0) is 25.0. The number of hydrogen-bond acceptors (Lipinski definition) is 4. The van der Waals surface area contributed by atoms with Gasteiger partial charge in [-0.25, -0.2) is 4.79 Å². The zero-order valence-corrected chi connectivity index (χ0v) is 20.1. The van der Waals surface area contributed by atoms with E-state index in [0.29, 0.717) is 19.3 Å². The van der Waals surface area contributed by atoms with Gasteiger partial charge >= 0.3 is 12.1 Å². The van der Waals surface area contributed by atoms with E-state index in [9.17, 15) is 19.5 Å². The number of hydrogen-bond donors (Lipinski definition) is 3. The summed E-state index contributed by atoms with van der Waals surface area (Å²) in [4.78, 5) is 36.2. The predicted octanol–water partition coefficient (Wildman–Crippen LogP) is 4.62. The second-order valence-corrected chi connectivity index (χ2v) is 9.94. The van der Waals surface area contributed by atoms with E-state index in [-0.39, 0.29) is 30.9 Å². The summed E-state index contributed by atoms with van der Waals surface area (Å²) < 4.78 is 5.62. The third-order valence-corrected chi connectivity index (χ3v) is 6.78. The smallest absolute Gasteiger partial charge is 0.407 e. The molecule has 7 heteroatoms. The Bertz CT molecular complexity index is 1090.